The maximum atomic E-state index is 5.51. The lowest BCUT2D eigenvalue weighted by atomic mass is 10.0. The van der Waals surface area contributed by atoms with Crippen molar-refractivity contribution in [2.75, 3.05) is 13.2 Å². The summed E-state index contributed by atoms with van der Waals surface area (Å²) in [5, 5.41) is 3.55. The Hall–Kier alpha value is -0.0800. The number of nitrogens with one attached hydrogen (secondary N) is 1. The second-order valence-corrected chi connectivity index (χ2v) is 3.77. The van der Waals surface area contributed by atoms with Crippen molar-refractivity contribution in [1.29, 1.82) is 0 Å². The normalized spacial score (nSPS) is 30.5. The summed E-state index contributed by atoms with van der Waals surface area (Å²) in [6.45, 7) is 6.22. The Morgan fingerprint density at radius 1 is 1.42 bits per heavy atom. The molecule has 2 unspecified atom stereocenters. The van der Waals surface area contributed by atoms with E-state index in [9.17, 15) is 0 Å². The van der Waals surface area contributed by atoms with E-state index in [0.29, 0.717) is 12.1 Å². The molecule has 0 aromatic carbocycles. The molecule has 1 rings (SSSR count). The minimum absolute atomic E-state index is 0.611. The van der Waals surface area contributed by atoms with Crippen molar-refractivity contribution >= 4 is 0 Å². The zero-order valence-corrected chi connectivity index (χ0v) is 8.31. The molecule has 0 aliphatic carbocycles. The lowest BCUT2D eigenvalue weighted by Gasteiger charge is -2.28. The molecule has 12 heavy (non-hydrogen) atoms. The van der Waals surface area contributed by atoms with Crippen LogP contribution in [0, 0.1) is 0 Å². The lowest BCUT2D eigenvalue weighted by molar-refractivity contribution is 0.0976. The van der Waals surface area contributed by atoms with Crippen molar-refractivity contribution in [3.63, 3.8) is 0 Å². The zero-order valence-electron chi connectivity index (χ0n) is 8.31. The van der Waals surface area contributed by atoms with Crippen LogP contribution in [0.15, 0.2) is 0 Å². The van der Waals surface area contributed by atoms with Gasteiger partial charge in [-0.3, -0.25) is 0 Å². The van der Waals surface area contributed by atoms with Crippen LogP contribution in [-0.2, 0) is 4.74 Å². The van der Waals surface area contributed by atoms with Gasteiger partial charge >= 0.3 is 0 Å². The minimum Gasteiger partial charge on any atom is -0.380 e. The van der Waals surface area contributed by atoms with Gasteiger partial charge in [-0.1, -0.05) is 13.3 Å². The van der Waals surface area contributed by atoms with Crippen LogP contribution in [0.3, 0.4) is 0 Å². The third-order valence-electron chi connectivity index (χ3n) is 2.38. The number of ether oxygens (including phenoxy) is 1. The van der Waals surface area contributed by atoms with Gasteiger partial charge < -0.3 is 10.1 Å². The monoisotopic (exact) mass is 171 g/mol. The van der Waals surface area contributed by atoms with Crippen LogP contribution >= 0.6 is 0 Å². The molecule has 2 heteroatoms. The highest BCUT2D eigenvalue weighted by Crippen LogP contribution is 2.12. The maximum Gasteiger partial charge on any atom is 0.0619 e. The fourth-order valence-electron chi connectivity index (χ4n) is 1.74. The molecule has 72 valence electrons. The van der Waals surface area contributed by atoms with E-state index in [0.717, 1.165) is 19.6 Å². The molecule has 0 aromatic heterocycles. The molecular formula is C10H21NO. The molecule has 1 aliphatic heterocycles. The maximum absolute atomic E-state index is 5.51. The first-order valence-electron chi connectivity index (χ1n) is 5.16. The molecule has 1 aliphatic rings. The second kappa shape index (κ2) is 5.55. The predicted octanol–water partition coefficient (Wildman–Crippen LogP) is 1.94. The zero-order chi connectivity index (χ0) is 8.81. The molecule has 1 saturated heterocycles. The number of piperidine rings is 1. The first-order chi connectivity index (χ1) is 5.83. The van der Waals surface area contributed by atoms with Crippen LogP contribution in [0.2, 0.25) is 0 Å². The van der Waals surface area contributed by atoms with Crippen LogP contribution in [0.25, 0.3) is 0 Å². The molecule has 0 saturated carbocycles. The molecule has 1 heterocycles. The van der Waals surface area contributed by atoms with E-state index in [1.54, 1.807) is 0 Å². The molecule has 0 aromatic rings. The van der Waals surface area contributed by atoms with Crippen molar-refractivity contribution < 1.29 is 4.74 Å². The van der Waals surface area contributed by atoms with Crippen LogP contribution in [0.5, 0.6) is 0 Å². The first kappa shape index (κ1) is 10.0. The van der Waals surface area contributed by atoms with Crippen molar-refractivity contribution in [3.8, 4) is 0 Å². The fourth-order valence-corrected chi connectivity index (χ4v) is 1.74. The van der Waals surface area contributed by atoms with E-state index >= 15 is 0 Å². The van der Waals surface area contributed by atoms with Crippen LogP contribution in [0.4, 0.5) is 0 Å². The fraction of sp³-hybridized carbons (Fsp3) is 1.00. The highest BCUT2D eigenvalue weighted by Gasteiger charge is 2.16. The van der Waals surface area contributed by atoms with Crippen LogP contribution in [0.1, 0.15) is 39.5 Å². The van der Waals surface area contributed by atoms with Gasteiger partial charge in [0.05, 0.1) is 6.61 Å². The van der Waals surface area contributed by atoms with Gasteiger partial charge in [-0.2, -0.15) is 0 Å². The highest BCUT2D eigenvalue weighted by molar-refractivity contribution is 4.77. The van der Waals surface area contributed by atoms with Gasteiger partial charge in [0.1, 0.15) is 0 Å². The summed E-state index contributed by atoms with van der Waals surface area (Å²) in [5.41, 5.74) is 0. The lowest BCUT2D eigenvalue weighted by Crippen LogP contribution is -2.43. The van der Waals surface area contributed by atoms with E-state index in [-0.39, 0.29) is 0 Å². The quantitative estimate of drug-likeness (QED) is 0.653. The third-order valence-corrected chi connectivity index (χ3v) is 2.38. The molecule has 2 nitrogen and oxygen atoms in total. The average molecular weight is 171 g/mol. The van der Waals surface area contributed by atoms with Crippen LogP contribution in [-0.4, -0.2) is 25.3 Å². The van der Waals surface area contributed by atoms with Crippen LogP contribution < -0.4 is 5.32 Å². The topological polar surface area (TPSA) is 21.3 Å². The SMILES string of the molecule is CCCOCC1CCCC(C)N1. The number of hydrogen-bond donors (Lipinski definition) is 1. The van der Waals surface area contributed by atoms with E-state index < -0.39 is 0 Å². The molecule has 0 bridgehead atoms. The molecule has 0 radical (unpaired) electrons. The summed E-state index contributed by atoms with van der Waals surface area (Å²) >= 11 is 0. The molecule has 0 amide bonds. The minimum atomic E-state index is 0.611. The Morgan fingerprint density at radius 2 is 2.25 bits per heavy atom. The summed E-state index contributed by atoms with van der Waals surface area (Å²) in [6.07, 6.45) is 5.09. The Kier molecular flexibility index (Phi) is 4.62. The van der Waals surface area contributed by atoms with Crippen molar-refractivity contribution in [2.45, 2.75) is 51.6 Å². The Balaban J connectivity index is 2.06. The number of hydrogen-bond acceptors (Lipinski definition) is 2. The van der Waals surface area contributed by atoms with Gasteiger partial charge in [-0.25, -0.2) is 0 Å². The van der Waals surface area contributed by atoms with E-state index in [1.807, 2.05) is 0 Å². The largest absolute Gasteiger partial charge is 0.380 e. The van der Waals surface area contributed by atoms with Gasteiger partial charge in [0.2, 0.25) is 0 Å². The predicted molar refractivity (Wildman–Crippen MR) is 51.3 cm³/mol. The smallest absolute Gasteiger partial charge is 0.0619 e. The Morgan fingerprint density at radius 3 is 2.92 bits per heavy atom. The number of rotatable bonds is 4. The van der Waals surface area contributed by atoms with Gasteiger partial charge in [-0.15, -0.1) is 0 Å². The van der Waals surface area contributed by atoms with E-state index in [2.05, 4.69) is 19.2 Å². The summed E-state index contributed by atoms with van der Waals surface area (Å²) in [7, 11) is 0. The molecule has 1 N–H and O–H groups in total. The average Bonchev–Trinajstić information content (AvgIpc) is 2.05. The summed E-state index contributed by atoms with van der Waals surface area (Å²) in [5.74, 6) is 0. The third kappa shape index (κ3) is 3.55. The second-order valence-electron chi connectivity index (χ2n) is 3.77. The highest BCUT2D eigenvalue weighted by atomic mass is 16.5. The molecule has 1 fully saturated rings. The first-order valence-corrected chi connectivity index (χ1v) is 5.16. The van der Waals surface area contributed by atoms with Gasteiger partial charge in [0.15, 0.2) is 0 Å². The summed E-state index contributed by atoms with van der Waals surface area (Å²) < 4.78 is 5.51. The van der Waals surface area contributed by atoms with Crippen molar-refractivity contribution in [2.24, 2.45) is 0 Å². The summed E-state index contributed by atoms with van der Waals surface area (Å²) in [4.78, 5) is 0. The molecule has 2 atom stereocenters. The van der Waals surface area contributed by atoms with Crippen molar-refractivity contribution in [3.05, 3.63) is 0 Å². The Bertz CT molecular complexity index is 116. The van der Waals surface area contributed by atoms with Crippen molar-refractivity contribution in [1.82, 2.24) is 5.32 Å². The molecular weight excluding hydrogens is 150 g/mol. The van der Waals surface area contributed by atoms with Gasteiger partial charge in [-0.05, 0) is 26.2 Å². The van der Waals surface area contributed by atoms with Gasteiger partial charge in [0, 0.05) is 18.7 Å². The van der Waals surface area contributed by atoms with E-state index in [4.69, 9.17) is 4.74 Å². The summed E-state index contributed by atoms with van der Waals surface area (Å²) in [6, 6.07) is 1.30. The standard InChI is InChI=1S/C10H21NO/c1-3-7-12-8-10-6-4-5-9(2)11-10/h9-11H,3-8H2,1-2H3. The Labute approximate surface area is 75.7 Å². The van der Waals surface area contributed by atoms with Gasteiger partial charge in [0.25, 0.3) is 0 Å². The molecule has 0 spiro atoms. The van der Waals surface area contributed by atoms with E-state index in [1.165, 1.54) is 19.3 Å².